The Morgan fingerprint density at radius 2 is 1.76 bits per heavy atom. The van der Waals surface area contributed by atoms with E-state index >= 15 is 0 Å². The maximum atomic E-state index is 13.1. The lowest BCUT2D eigenvalue weighted by Gasteiger charge is -2.41. The summed E-state index contributed by atoms with van der Waals surface area (Å²) in [5, 5.41) is 15.4. The van der Waals surface area contributed by atoms with Gasteiger partial charge in [0.1, 0.15) is 18.7 Å². The Morgan fingerprint density at radius 1 is 1.00 bits per heavy atom. The number of anilines is 5. The smallest absolute Gasteiger partial charge is 0.229 e. The average Bonchev–Trinajstić information content (AvgIpc) is 3.47. The van der Waals surface area contributed by atoms with Crippen LogP contribution in [0.1, 0.15) is 18.4 Å². The topological polar surface area (TPSA) is 112 Å². The van der Waals surface area contributed by atoms with E-state index < -0.39 is 7.14 Å². The monoisotopic (exact) mass is 629 g/mol. The highest BCUT2D eigenvalue weighted by Gasteiger charge is 2.27. The van der Waals surface area contributed by atoms with Gasteiger partial charge in [-0.15, -0.1) is 0 Å². The van der Waals surface area contributed by atoms with Crippen LogP contribution in [0.25, 0.3) is 11.1 Å². The molecule has 0 spiro atoms. The third-order valence-electron chi connectivity index (χ3n) is 8.78. The van der Waals surface area contributed by atoms with Crippen LogP contribution in [0.3, 0.4) is 0 Å². The number of nitrogens with one attached hydrogen (secondary N) is 3. The van der Waals surface area contributed by atoms with Gasteiger partial charge in [-0.1, -0.05) is 12.1 Å². The van der Waals surface area contributed by atoms with Crippen LogP contribution in [0.4, 0.5) is 28.8 Å². The van der Waals surface area contributed by atoms with Crippen molar-refractivity contribution in [1.82, 2.24) is 30.0 Å². The Labute approximate surface area is 265 Å². The molecule has 238 valence electrons. The molecule has 2 saturated heterocycles. The van der Waals surface area contributed by atoms with Crippen LogP contribution in [-0.2, 0) is 11.6 Å². The number of benzene rings is 2. The van der Waals surface area contributed by atoms with E-state index in [0.29, 0.717) is 17.8 Å². The lowest BCUT2D eigenvalue weighted by Crippen LogP contribution is -2.52. The molecule has 11 nitrogen and oxygen atoms in total. The quantitative estimate of drug-likeness (QED) is 0.223. The van der Waals surface area contributed by atoms with Gasteiger partial charge < -0.3 is 30.2 Å². The van der Waals surface area contributed by atoms with E-state index in [1.54, 1.807) is 37.5 Å². The van der Waals surface area contributed by atoms with Gasteiger partial charge in [0.2, 0.25) is 5.95 Å². The van der Waals surface area contributed by atoms with Gasteiger partial charge >= 0.3 is 0 Å². The van der Waals surface area contributed by atoms with E-state index in [-0.39, 0.29) is 0 Å². The highest BCUT2D eigenvalue weighted by atomic mass is 31.2. The van der Waals surface area contributed by atoms with E-state index in [9.17, 15) is 4.57 Å². The molecule has 0 unspecified atom stereocenters. The van der Waals surface area contributed by atoms with Crippen molar-refractivity contribution in [2.24, 2.45) is 7.05 Å². The Kier molecular flexibility index (Phi) is 9.12. The summed E-state index contributed by atoms with van der Waals surface area (Å²) in [7, 11) is 1.02. The zero-order valence-electron chi connectivity index (χ0n) is 26.9. The average molecular weight is 630 g/mol. The van der Waals surface area contributed by atoms with Crippen LogP contribution < -0.4 is 30.9 Å². The molecule has 0 amide bonds. The fraction of sp³-hybridized carbons (Fsp3) is 0.424. The van der Waals surface area contributed by atoms with Crippen molar-refractivity contribution in [2.45, 2.75) is 25.8 Å². The molecule has 45 heavy (non-hydrogen) atoms. The fourth-order valence-corrected chi connectivity index (χ4v) is 7.57. The summed E-state index contributed by atoms with van der Waals surface area (Å²) in [5.41, 5.74) is 5.57. The molecule has 0 saturated carbocycles. The summed E-state index contributed by atoms with van der Waals surface area (Å²) in [6.45, 7) is 12.2. The molecule has 0 atom stereocenters. The van der Waals surface area contributed by atoms with Crippen LogP contribution in [0.15, 0.2) is 55.0 Å². The number of piperazine rings is 1. The second kappa shape index (κ2) is 13.2. The zero-order chi connectivity index (χ0) is 31.6. The first-order valence-corrected chi connectivity index (χ1v) is 18.2. The molecule has 2 fully saturated rings. The minimum atomic E-state index is -2.55. The van der Waals surface area contributed by atoms with Crippen LogP contribution in [0, 0.1) is 6.92 Å². The van der Waals surface area contributed by atoms with E-state index in [2.05, 4.69) is 54.9 Å². The van der Waals surface area contributed by atoms with Crippen molar-refractivity contribution < 1.29 is 9.30 Å². The molecule has 6 rings (SSSR count). The molecule has 2 aliphatic rings. The van der Waals surface area contributed by atoms with Gasteiger partial charge in [0.05, 0.1) is 24.7 Å². The van der Waals surface area contributed by atoms with Gasteiger partial charge in [-0.3, -0.25) is 9.58 Å². The maximum Gasteiger partial charge on any atom is 0.229 e. The number of methoxy groups -OCH3 is 1. The number of aryl methyl sites for hydroxylation is 2. The first-order chi connectivity index (χ1) is 21.7. The van der Waals surface area contributed by atoms with Crippen LogP contribution >= 0.6 is 7.14 Å². The zero-order valence-corrected chi connectivity index (χ0v) is 27.8. The SMILES string of the molecule is COc1cc(N2CCC(N3CCNCC3)CC2)c(C)cc1Nc1ncc(-c2cnn(C)c2)c(Nc2ccccc2P(C)(C)=O)n1. The molecule has 2 aromatic carbocycles. The molecule has 2 aliphatic heterocycles. The van der Waals surface area contributed by atoms with Crippen molar-refractivity contribution >= 4 is 41.3 Å². The first kappa shape index (κ1) is 31.1. The molecular weight excluding hydrogens is 585 g/mol. The van der Waals surface area contributed by atoms with Gasteiger partial charge in [0.25, 0.3) is 0 Å². The standard InChI is InChI=1S/C33H44N9O2P/c1-23-18-28(30(44-3)19-29(23)42-14-10-25(11-15-42)41-16-12-34-13-17-41)38-33-35-21-26(24-20-36-40(2)22-24)32(39-33)37-27-8-6-7-9-31(27)45(4,5)43/h6-9,18-22,25,34H,10-17H2,1-5H3,(H2,35,37,38,39). The number of hydrogen-bond acceptors (Lipinski definition) is 10. The molecule has 3 N–H and O–H groups in total. The van der Waals surface area contributed by atoms with E-state index in [1.165, 1.54) is 24.1 Å². The van der Waals surface area contributed by atoms with Crippen molar-refractivity contribution in [2.75, 3.05) is 75.2 Å². The third-order valence-corrected chi connectivity index (χ3v) is 10.3. The summed E-state index contributed by atoms with van der Waals surface area (Å²) in [6.07, 6.45) is 7.83. The molecule has 12 heteroatoms. The van der Waals surface area contributed by atoms with Crippen LogP contribution in [-0.4, -0.2) is 90.4 Å². The lowest BCUT2D eigenvalue weighted by atomic mass is 10.0. The maximum absolute atomic E-state index is 13.1. The number of nitrogens with zero attached hydrogens (tertiary/aromatic N) is 6. The summed E-state index contributed by atoms with van der Waals surface area (Å²) >= 11 is 0. The van der Waals surface area contributed by atoms with Gasteiger partial charge in [0.15, 0.2) is 0 Å². The predicted octanol–water partition coefficient (Wildman–Crippen LogP) is 4.80. The van der Waals surface area contributed by atoms with Crippen molar-refractivity contribution in [1.29, 1.82) is 0 Å². The summed E-state index contributed by atoms with van der Waals surface area (Å²) in [6, 6.07) is 12.6. The van der Waals surface area contributed by atoms with Gasteiger partial charge in [-0.05, 0) is 56.9 Å². The highest BCUT2D eigenvalue weighted by Crippen LogP contribution is 2.40. The van der Waals surface area contributed by atoms with E-state index in [0.717, 1.165) is 72.8 Å². The Morgan fingerprint density at radius 3 is 2.44 bits per heavy atom. The van der Waals surface area contributed by atoms with Crippen molar-refractivity contribution in [3.8, 4) is 16.9 Å². The first-order valence-electron chi connectivity index (χ1n) is 15.6. The number of ether oxygens (including phenoxy) is 1. The molecule has 0 radical (unpaired) electrons. The number of hydrogen-bond donors (Lipinski definition) is 3. The number of aromatic nitrogens is 4. The lowest BCUT2D eigenvalue weighted by molar-refractivity contribution is 0.150. The van der Waals surface area contributed by atoms with Crippen molar-refractivity contribution in [3.63, 3.8) is 0 Å². The predicted molar refractivity (Wildman–Crippen MR) is 184 cm³/mol. The van der Waals surface area contributed by atoms with Crippen LogP contribution in [0.5, 0.6) is 5.75 Å². The molecule has 4 aromatic rings. The molecule has 0 aliphatic carbocycles. The summed E-state index contributed by atoms with van der Waals surface area (Å²) in [5.74, 6) is 1.74. The Hall–Kier alpha value is -3.92. The van der Waals surface area contributed by atoms with Crippen molar-refractivity contribution in [3.05, 3.63) is 60.6 Å². The minimum Gasteiger partial charge on any atom is -0.494 e. The summed E-state index contributed by atoms with van der Waals surface area (Å²) in [4.78, 5) is 14.7. The van der Waals surface area contributed by atoms with Gasteiger partial charge in [0, 0.05) is 92.9 Å². The van der Waals surface area contributed by atoms with Gasteiger partial charge in [-0.25, -0.2) is 4.98 Å². The van der Waals surface area contributed by atoms with Crippen LogP contribution in [0.2, 0.25) is 0 Å². The molecule has 0 bridgehead atoms. The third kappa shape index (κ3) is 7.01. The second-order valence-corrected chi connectivity index (χ2v) is 15.5. The minimum absolute atomic E-state index is 0.418. The molecule has 4 heterocycles. The second-order valence-electron chi connectivity index (χ2n) is 12.3. The molecule has 2 aromatic heterocycles. The largest absolute Gasteiger partial charge is 0.494 e. The number of para-hydroxylation sites is 1. The summed E-state index contributed by atoms with van der Waals surface area (Å²) < 4.78 is 20.7. The normalized spacial score (nSPS) is 16.5. The number of piperidine rings is 1. The fourth-order valence-electron chi connectivity index (χ4n) is 6.41. The van der Waals surface area contributed by atoms with E-state index in [4.69, 9.17) is 9.72 Å². The molecular formula is C33H44N9O2P. The Balaban J connectivity index is 1.26. The Bertz CT molecular complexity index is 1690. The number of rotatable bonds is 9. The van der Waals surface area contributed by atoms with Gasteiger partial charge in [-0.2, -0.15) is 10.1 Å². The highest BCUT2D eigenvalue weighted by molar-refractivity contribution is 7.70. The van der Waals surface area contributed by atoms with E-state index in [1.807, 2.05) is 37.5 Å².